The van der Waals surface area contributed by atoms with E-state index in [1.165, 1.54) is 6.07 Å². The van der Waals surface area contributed by atoms with E-state index in [4.69, 9.17) is 0 Å². The van der Waals surface area contributed by atoms with Gasteiger partial charge in [-0.1, -0.05) is 22.9 Å². The topological polar surface area (TPSA) is 56.7 Å². The van der Waals surface area contributed by atoms with Gasteiger partial charge in [-0.25, -0.2) is 4.39 Å². The molecule has 2 rings (SSSR count). The summed E-state index contributed by atoms with van der Waals surface area (Å²) in [5.41, 5.74) is 0.566. The molecule has 1 aromatic carbocycles. The Balaban J connectivity index is 0.00000288. The second-order valence-electron chi connectivity index (χ2n) is 5.48. The van der Waals surface area contributed by atoms with Gasteiger partial charge in [0.25, 0.3) is 0 Å². The molecule has 0 aliphatic carbocycles. The van der Waals surface area contributed by atoms with Crippen molar-refractivity contribution in [2.75, 3.05) is 20.1 Å². The second-order valence-corrected chi connectivity index (χ2v) is 6.40. The van der Waals surface area contributed by atoms with Crippen molar-refractivity contribution < 1.29 is 9.18 Å². The molecule has 5 nitrogen and oxygen atoms in total. The highest BCUT2D eigenvalue weighted by Gasteiger charge is 2.25. The molecule has 1 unspecified atom stereocenters. The minimum absolute atomic E-state index is 0. The summed E-state index contributed by atoms with van der Waals surface area (Å²) in [5.74, 6) is 0.533. The van der Waals surface area contributed by atoms with E-state index in [9.17, 15) is 9.18 Å². The van der Waals surface area contributed by atoms with Crippen LogP contribution >= 0.6 is 39.9 Å². The molecule has 1 aliphatic heterocycles. The number of likely N-dealkylation sites (tertiary alicyclic amines) is 1. The van der Waals surface area contributed by atoms with Gasteiger partial charge in [0, 0.05) is 49.2 Å². The normalized spacial score (nSPS) is 17.4. The fraction of sp³-hybridized carbons (Fsp3) is 0.500. The molecular formula is C16H23BrFIN4O. The molecule has 1 aliphatic rings. The maximum absolute atomic E-state index is 13.7. The summed E-state index contributed by atoms with van der Waals surface area (Å²) in [6.07, 6.45) is 1.42. The fourth-order valence-electron chi connectivity index (χ4n) is 2.57. The molecular weight excluding hydrogens is 490 g/mol. The Kier molecular flexibility index (Phi) is 8.96. The molecule has 24 heavy (non-hydrogen) atoms. The third-order valence-corrected chi connectivity index (χ3v) is 4.36. The standard InChI is InChI=1S/C16H22BrFN4O.HI/c1-3-15(23)22-7-6-13(10-22)21-16(19-2)20-9-11-8-12(17)4-5-14(11)18;/h4-5,8,13H,3,6-7,9-10H2,1-2H3,(H2,19,20,21);1H. The van der Waals surface area contributed by atoms with Gasteiger partial charge in [0.1, 0.15) is 5.82 Å². The van der Waals surface area contributed by atoms with Crippen molar-refractivity contribution in [3.8, 4) is 0 Å². The van der Waals surface area contributed by atoms with Gasteiger partial charge < -0.3 is 15.5 Å². The second kappa shape index (κ2) is 10.2. The van der Waals surface area contributed by atoms with E-state index in [2.05, 4.69) is 31.6 Å². The van der Waals surface area contributed by atoms with Crippen molar-refractivity contribution in [2.45, 2.75) is 32.4 Å². The number of aliphatic imine (C=N–C) groups is 1. The van der Waals surface area contributed by atoms with E-state index in [0.717, 1.165) is 17.4 Å². The zero-order chi connectivity index (χ0) is 16.8. The van der Waals surface area contributed by atoms with Gasteiger partial charge >= 0.3 is 0 Å². The highest BCUT2D eigenvalue weighted by Crippen LogP contribution is 2.15. The monoisotopic (exact) mass is 512 g/mol. The average Bonchev–Trinajstić information content (AvgIpc) is 3.02. The molecule has 0 aromatic heterocycles. The first-order valence-corrected chi connectivity index (χ1v) is 8.51. The maximum Gasteiger partial charge on any atom is 0.222 e. The number of halogens is 3. The van der Waals surface area contributed by atoms with Crippen LogP contribution in [0.3, 0.4) is 0 Å². The number of rotatable bonds is 4. The Morgan fingerprint density at radius 2 is 2.25 bits per heavy atom. The van der Waals surface area contributed by atoms with E-state index in [0.29, 0.717) is 31.0 Å². The van der Waals surface area contributed by atoms with Gasteiger partial charge in [0.05, 0.1) is 0 Å². The van der Waals surface area contributed by atoms with Crippen LogP contribution in [-0.4, -0.2) is 42.9 Å². The lowest BCUT2D eigenvalue weighted by atomic mass is 10.2. The molecule has 0 bridgehead atoms. The van der Waals surface area contributed by atoms with E-state index < -0.39 is 0 Å². The van der Waals surface area contributed by atoms with Crippen molar-refractivity contribution in [3.63, 3.8) is 0 Å². The van der Waals surface area contributed by atoms with Crippen LogP contribution in [0.1, 0.15) is 25.3 Å². The summed E-state index contributed by atoms with van der Waals surface area (Å²) in [6.45, 7) is 3.66. The molecule has 1 saturated heterocycles. The summed E-state index contributed by atoms with van der Waals surface area (Å²) in [7, 11) is 1.68. The Hall–Kier alpha value is -0.900. The number of carbonyl (C=O) groups is 1. The molecule has 0 radical (unpaired) electrons. The lowest BCUT2D eigenvalue weighted by Gasteiger charge is -2.19. The quantitative estimate of drug-likeness (QED) is 0.370. The first-order chi connectivity index (χ1) is 11.0. The summed E-state index contributed by atoms with van der Waals surface area (Å²) in [4.78, 5) is 17.7. The first kappa shape index (κ1) is 21.1. The third-order valence-electron chi connectivity index (χ3n) is 3.86. The van der Waals surface area contributed by atoms with Gasteiger partial charge in [-0.15, -0.1) is 24.0 Å². The minimum atomic E-state index is -0.253. The number of hydrogen-bond donors (Lipinski definition) is 2. The Morgan fingerprint density at radius 1 is 1.50 bits per heavy atom. The van der Waals surface area contributed by atoms with E-state index in [1.54, 1.807) is 19.2 Å². The van der Waals surface area contributed by atoms with Crippen LogP contribution in [0.2, 0.25) is 0 Å². The van der Waals surface area contributed by atoms with Crippen LogP contribution in [0.15, 0.2) is 27.7 Å². The number of carbonyl (C=O) groups excluding carboxylic acids is 1. The number of guanidine groups is 1. The number of nitrogens with one attached hydrogen (secondary N) is 2. The highest BCUT2D eigenvalue weighted by molar-refractivity contribution is 14.0. The summed E-state index contributed by atoms with van der Waals surface area (Å²) < 4.78 is 14.6. The van der Waals surface area contributed by atoms with Gasteiger partial charge in [-0.2, -0.15) is 0 Å². The van der Waals surface area contributed by atoms with Crippen LogP contribution in [0.5, 0.6) is 0 Å². The van der Waals surface area contributed by atoms with E-state index in [1.807, 2.05) is 11.8 Å². The van der Waals surface area contributed by atoms with E-state index >= 15 is 0 Å². The predicted molar refractivity (Wildman–Crippen MR) is 108 cm³/mol. The third kappa shape index (κ3) is 5.87. The average molecular weight is 513 g/mol. The van der Waals surface area contributed by atoms with Crippen molar-refractivity contribution in [1.82, 2.24) is 15.5 Å². The van der Waals surface area contributed by atoms with Crippen molar-refractivity contribution in [3.05, 3.63) is 34.1 Å². The first-order valence-electron chi connectivity index (χ1n) is 7.72. The molecule has 1 fully saturated rings. The Bertz CT molecular complexity index is 599. The van der Waals surface area contributed by atoms with Crippen molar-refractivity contribution in [2.24, 2.45) is 4.99 Å². The zero-order valence-corrected chi connectivity index (χ0v) is 17.7. The predicted octanol–water partition coefficient (Wildman–Crippen LogP) is 2.88. The van der Waals surface area contributed by atoms with E-state index in [-0.39, 0.29) is 41.7 Å². The van der Waals surface area contributed by atoms with Crippen LogP contribution in [0, 0.1) is 5.82 Å². The van der Waals surface area contributed by atoms with Gasteiger partial charge in [-0.3, -0.25) is 9.79 Å². The highest BCUT2D eigenvalue weighted by atomic mass is 127. The van der Waals surface area contributed by atoms with Gasteiger partial charge in [0.2, 0.25) is 5.91 Å². The Labute approximate surface area is 167 Å². The number of benzene rings is 1. The number of hydrogen-bond acceptors (Lipinski definition) is 2. The van der Waals surface area contributed by atoms with Crippen LogP contribution in [-0.2, 0) is 11.3 Å². The largest absolute Gasteiger partial charge is 0.352 e. The maximum atomic E-state index is 13.7. The molecule has 1 heterocycles. The SMILES string of the molecule is CCC(=O)N1CCC(NC(=NC)NCc2cc(Br)ccc2F)C1.I. The molecule has 1 aromatic rings. The molecule has 1 amide bonds. The molecule has 134 valence electrons. The van der Waals surface area contributed by atoms with Crippen LogP contribution in [0.25, 0.3) is 0 Å². The molecule has 0 spiro atoms. The zero-order valence-electron chi connectivity index (χ0n) is 13.8. The summed E-state index contributed by atoms with van der Waals surface area (Å²) in [6, 6.07) is 5.02. The molecule has 1 atom stereocenters. The molecule has 2 N–H and O–H groups in total. The van der Waals surface area contributed by atoms with Crippen molar-refractivity contribution >= 4 is 51.8 Å². The smallest absolute Gasteiger partial charge is 0.222 e. The van der Waals surface area contributed by atoms with Crippen molar-refractivity contribution in [1.29, 1.82) is 0 Å². The van der Waals surface area contributed by atoms with Gasteiger partial charge in [0.15, 0.2) is 5.96 Å². The molecule has 8 heteroatoms. The van der Waals surface area contributed by atoms with Gasteiger partial charge in [-0.05, 0) is 24.6 Å². The van der Waals surface area contributed by atoms with Crippen LogP contribution in [0.4, 0.5) is 4.39 Å². The summed E-state index contributed by atoms with van der Waals surface area (Å²) in [5, 5.41) is 6.40. The minimum Gasteiger partial charge on any atom is -0.352 e. The molecule has 0 saturated carbocycles. The number of amides is 1. The summed E-state index contributed by atoms with van der Waals surface area (Å²) >= 11 is 3.34. The number of nitrogens with zero attached hydrogens (tertiary/aromatic N) is 2. The lowest BCUT2D eigenvalue weighted by Crippen LogP contribution is -2.44. The lowest BCUT2D eigenvalue weighted by molar-refractivity contribution is -0.129. The van der Waals surface area contributed by atoms with Crippen LogP contribution < -0.4 is 10.6 Å². The Morgan fingerprint density at radius 3 is 2.92 bits per heavy atom. The fourth-order valence-corrected chi connectivity index (χ4v) is 2.98.